The Labute approximate surface area is 76.3 Å². The molecule has 0 bridgehead atoms. The first-order chi connectivity index (χ1) is 5.70. The highest BCUT2D eigenvalue weighted by Gasteiger charge is 2.10. The van der Waals surface area contributed by atoms with Crippen LogP contribution in [0.1, 0.15) is 5.56 Å². The van der Waals surface area contributed by atoms with Crippen molar-refractivity contribution in [1.29, 1.82) is 0 Å². The van der Waals surface area contributed by atoms with Crippen LogP contribution in [0.25, 0.3) is 0 Å². The second kappa shape index (κ2) is 4.12. The summed E-state index contributed by atoms with van der Waals surface area (Å²) in [7, 11) is 0. The minimum absolute atomic E-state index is 0.472. The summed E-state index contributed by atoms with van der Waals surface area (Å²) in [6.45, 7) is 0. The molecule has 0 spiro atoms. The molecular weight excluding hydrogens is 174 g/mol. The van der Waals surface area contributed by atoms with Crippen molar-refractivity contribution in [3.63, 3.8) is 0 Å². The van der Waals surface area contributed by atoms with Gasteiger partial charge in [0.1, 0.15) is 5.38 Å². The Balaban J connectivity index is 2.58. The van der Waals surface area contributed by atoms with Crippen LogP contribution in [-0.4, -0.2) is 11.3 Å². The number of primary amides is 1. The van der Waals surface area contributed by atoms with Crippen LogP contribution in [0.4, 0.5) is 0 Å². The highest BCUT2D eigenvalue weighted by atomic mass is 35.5. The molecule has 0 unspecified atom stereocenters. The lowest BCUT2D eigenvalue weighted by Crippen LogP contribution is -2.25. The lowest BCUT2D eigenvalue weighted by molar-refractivity contribution is -0.117. The van der Waals surface area contributed by atoms with E-state index in [9.17, 15) is 4.79 Å². The summed E-state index contributed by atoms with van der Waals surface area (Å²) < 4.78 is 0. The molecule has 0 radical (unpaired) electrons. The summed E-state index contributed by atoms with van der Waals surface area (Å²) in [5.74, 6) is -0.472. The van der Waals surface area contributed by atoms with E-state index in [1.54, 1.807) is 0 Å². The zero-order valence-corrected chi connectivity index (χ0v) is 7.29. The van der Waals surface area contributed by atoms with Crippen LogP contribution in [-0.2, 0) is 11.2 Å². The highest BCUT2D eigenvalue weighted by molar-refractivity contribution is 6.30. The van der Waals surface area contributed by atoms with Gasteiger partial charge in [-0.3, -0.25) is 4.79 Å². The van der Waals surface area contributed by atoms with Gasteiger partial charge in [0.2, 0.25) is 5.91 Å². The van der Waals surface area contributed by atoms with Crippen LogP contribution in [0.2, 0.25) is 0 Å². The van der Waals surface area contributed by atoms with E-state index in [4.69, 9.17) is 17.3 Å². The molecule has 1 atom stereocenters. The van der Waals surface area contributed by atoms with Crippen molar-refractivity contribution in [3.05, 3.63) is 35.9 Å². The lowest BCUT2D eigenvalue weighted by atomic mass is 10.1. The largest absolute Gasteiger partial charge is 0.368 e. The van der Waals surface area contributed by atoms with E-state index in [1.807, 2.05) is 30.3 Å². The molecular formula is C9H10ClNO. The minimum atomic E-state index is -0.604. The minimum Gasteiger partial charge on any atom is -0.368 e. The number of amides is 1. The molecule has 0 saturated heterocycles. The SMILES string of the molecule is NC(=O)[C@H](Cl)Cc1ccccc1. The summed E-state index contributed by atoms with van der Waals surface area (Å²) in [6.07, 6.45) is 0.498. The van der Waals surface area contributed by atoms with Gasteiger partial charge in [0, 0.05) is 0 Å². The van der Waals surface area contributed by atoms with Crippen LogP contribution < -0.4 is 5.73 Å². The van der Waals surface area contributed by atoms with Gasteiger partial charge < -0.3 is 5.73 Å². The van der Waals surface area contributed by atoms with E-state index in [1.165, 1.54) is 0 Å². The first-order valence-electron chi connectivity index (χ1n) is 3.67. The zero-order chi connectivity index (χ0) is 8.97. The quantitative estimate of drug-likeness (QED) is 0.706. The fourth-order valence-electron chi connectivity index (χ4n) is 0.922. The molecule has 0 aromatic heterocycles. The maximum Gasteiger partial charge on any atom is 0.235 e. The average Bonchev–Trinajstić information content (AvgIpc) is 2.06. The van der Waals surface area contributed by atoms with Gasteiger partial charge in [-0.15, -0.1) is 11.6 Å². The molecule has 1 amide bonds. The Morgan fingerprint density at radius 2 is 2.00 bits per heavy atom. The standard InChI is InChI=1S/C9H10ClNO/c10-8(9(11)12)6-7-4-2-1-3-5-7/h1-5,8H,6H2,(H2,11,12)/t8-/m1/s1. The van der Waals surface area contributed by atoms with E-state index in [-0.39, 0.29) is 0 Å². The summed E-state index contributed by atoms with van der Waals surface area (Å²) >= 11 is 5.68. The van der Waals surface area contributed by atoms with Crippen LogP contribution >= 0.6 is 11.6 Å². The molecule has 0 heterocycles. The van der Waals surface area contributed by atoms with Crippen molar-refractivity contribution in [2.75, 3.05) is 0 Å². The number of hydrogen-bond donors (Lipinski definition) is 1. The van der Waals surface area contributed by atoms with E-state index < -0.39 is 11.3 Å². The summed E-state index contributed by atoms with van der Waals surface area (Å²) in [4.78, 5) is 10.6. The second-order valence-corrected chi connectivity index (χ2v) is 3.09. The number of halogens is 1. The molecule has 1 rings (SSSR count). The van der Waals surface area contributed by atoms with Crippen LogP contribution in [0.15, 0.2) is 30.3 Å². The third kappa shape index (κ3) is 2.55. The van der Waals surface area contributed by atoms with Gasteiger partial charge in [-0.1, -0.05) is 30.3 Å². The molecule has 0 aliphatic carbocycles. The van der Waals surface area contributed by atoms with Crippen molar-refractivity contribution in [1.82, 2.24) is 0 Å². The Hall–Kier alpha value is -1.02. The van der Waals surface area contributed by atoms with Crippen molar-refractivity contribution < 1.29 is 4.79 Å². The Bertz CT molecular complexity index is 260. The van der Waals surface area contributed by atoms with Crippen molar-refractivity contribution in [2.45, 2.75) is 11.8 Å². The maximum absolute atomic E-state index is 10.6. The van der Waals surface area contributed by atoms with Gasteiger partial charge >= 0.3 is 0 Å². The average molecular weight is 184 g/mol. The molecule has 0 fully saturated rings. The molecule has 2 N–H and O–H groups in total. The monoisotopic (exact) mass is 183 g/mol. The second-order valence-electron chi connectivity index (χ2n) is 2.56. The lowest BCUT2D eigenvalue weighted by Gasteiger charge is -2.03. The van der Waals surface area contributed by atoms with Crippen LogP contribution in [0.5, 0.6) is 0 Å². The van der Waals surface area contributed by atoms with E-state index in [0.29, 0.717) is 6.42 Å². The number of carbonyl (C=O) groups is 1. The van der Waals surface area contributed by atoms with E-state index in [2.05, 4.69) is 0 Å². The van der Waals surface area contributed by atoms with Gasteiger partial charge in [0.15, 0.2) is 0 Å². The normalized spacial score (nSPS) is 12.4. The Morgan fingerprint density at radius 1 is 1.42 bits per heavy atom. The molecule has 2 nitrogen and oxygen atoms in total. The number of nitrogens with two attached hydrogens (primary N) is 1. The van der Waals surface area contributed by atoms with Crippen molar-refractivity contribution in [2.24, 2.45) is 5.73 Å². The summed E-state index contributed by atoms with van der Waals surface area (Å²) in [5.41, 5.74) is 6.04. The first kappa shape index (κ1) is 9.07. The number of carbonyl (C=O) groups excluding carboxylic acids is 1. The molecule has 1 aromatic rings. The zero-order valence-electron chi connectivity index (χ0n) is 6.53. The number of alkyl halides is 1. The molecule has 1 aromatic carbocycles. The molecule has 0 aliphatic heterocycles. The third-order valence-electron chi connectivity index (χ3n) is 1.57. The Kier molecular flexibility index (Phi) is 3.11. The molecule has 64 valence electrons. The number of hydrogen-bond acceptors (Lipinski definition) is 1. The van der Waals surface area contributed by atoms with Crippen LogP contribution in [0, 0.1) is 0 Å². The molecule has 12 heavy (non-hydrogen) atoms. The van der Waals surface area contributed by atoms with Crippen molar-refractivity contribution in [3.8, 4) is 0 Å². The van der Waals surface area contributed by atoms with Crippen LogP contribution in [0.3, 0.4) is 0 Å². The van der Waals surface area contributed by atoms with Gasteiger partial charge in [-0.05, 0) is 12.0 Å². The predicted octanol–water partition coefficient (Wildman–Crippen LogP) is 1.32. The summed E-state index contributed by atoms with van der Waals surface area (Å²) in [6, 6.07) is 9.55. The molecule has 0 aliphatic rings. The highest BCUT2D eigenvalue weighted by Crippen LogP contribution is 2.06. The van der Waals surface area contributed by atoms with Crippen molar-refractivity contribution >= 4 is 17.5 Å². The summed E-state index contributed by atoms with van der Waals surface area (Å²) in [5, 5.41) is -0.604. The number of benzene rings is 1. The molecule has 0 saturated carbocycles. The van der Waals surface area contributed by atoms with E-state index >= 15 is 0 Å². The van der Waals surface area contributed by atoms with Gasteiger partial charge in [0.25, 0.3) is 0 Å². The van der Waals surface area contributed by atoms with Gasteiger partial charge in [0.05, 0.1) is 0 Å². The van der Waals surface area contributed by atoms with E-state index in [0.717, 1.165) is 5.56 Å². The van der Waals surface area contributed by atoms with Gasteiger partial charge in [-0.25, -0.2) is 0 Å². The first-order valence-corrected chi connectivity index (χ1v) is 4.11. The maximum atomic E-state index is 10.6. The third-order valence-corrected chi connectivity index (χ3v) is 1.94. The fraction of sp³-hybridized carbons (Fsp3) is 0.222. The Morgan fingerprint density at radius 3 is 2.50 bits per heavy atom. The smallest absolute Gasteiger partial charge is 0.235 e. The number of rotatable bonds is 3. The molecule has 3 heteroatoms. The fourth-order valence-corrected chi connectivity index (χ4v) is 1.10. The van der Waals surface area contributed by atoms with Gasteiger partial charge in [-0.2, -0.15) is 0 Å². The topological polar surface area (TPSA) is 43.1 Å². The predicted molar refractivity (Wildman–Crippen MR) is 49.0 cm³/mol.